The van der Waals surface area contributed by atoms with Crippen LogP contribution in [0.1, 0.15) is 5.56 Å². The van der Waals surface area contributed by atoms with Gasteiger partial charge in [0, 0.05) is 5.56 Å². The highest BCUT2D eigenvalue weighted by Crippen LogP contribution is 2.29. The number of aryl methyl sites for hydroxylation is 1. The molecule has 6 nitrogen and oxygen atoms in total. The first-order chi connectivity index (χ1) is 11.5. The first-order valence-corrected chi connectivity index (χ1v) is 7.87. The lowest BCUT2D eigenvalue weighted by molar-refractivity contribution is -0.117. The average molecular weight is 362 g/mol. The number of hydrogen-bond acceptors (Lipinski definition) is 4. The number of rotatable bonds is 4. The fraction of sp³-hybridized carbons (Fsp3) is 0.125. The molecule has 3 aromatic rings. The normalized spacial score (nSPS) is 10.6. The van der Waals surface area contributed by atoms with E-state index in [1.165, 1.54) is 4.80 Å². The maximum absolute atomic E-state index is 12.1. The molecule has 2 aromatic carbocycles. The van der Waals surface area contributed by atoms with E-state index in [0.29, 0.717) is 21.6 Å². The predicted octanol–water partition coefficient (Wildman–Crippen LogP) is 3.59. The van der Waals surface area contributed by atoms with Crippen LogP contribution in [0.4, 0.5) is 5.69 Å². The van der Waals surface area contributed by atoms with Crippen LogP contribution in [-0.2, 0) is 11.3 Å². The maximum atomic E-state index is 12.1. The van der Waals surface area contributed by atoms with Crippen LogP contribution in [0.15, 0.2) is 42.5 Å². The van der Waals surface area contributed by atoms with Crippen LogP contribution in [0.2, 0.25) is 10.0 Å². The van der Waals surface area contributed by atoms with Crippen LogP contribution in [0.3, 0.4) is 0 Å². The van der Waals surface area contributed by atoms with Crippen LogP contribution in [-0.4, -0.2) is 26.1 Å². The monoisotopic (exact) mass is 361 g/mol. The molecule has 3 rings (SSSR count). The van der Waals surface area contributed by atoms with E-state index in [0.717, 1.165) is 11.1 Å². The standard InChI is InChI=1S/C16H13Cl2N5O/c1-10-5-7-11(8-6-10)16-20-22-23(21-16)9-14(24)19-13-4-2-3-12(17)15(13)18/h2-8H,9H2,1H3,(H,19,24). The molecule has 122 valence electrons. The lowest BCUT2D eigenvalue weighted by Crippen LogP contribution is -2.20. The molecule has 0 atom stereocenters. The Bertz CT molecular complexity index is 876. The molecule has 0 aliphatic rings. The lowest BCUT2D eigenvalue weighted by Gasteiger charge is -2.07. The Hall–Kier alpha value is -2.44. The summed E-state index contributed by atoms with van der Waals surface area (Å²) in [6.07, 6.45) is 0. The second kappa shape index (κ2) is 6.98. The van der Waals surface area contributed by atoms with Crippen LogP contribution < -0.4 is 5.32 Å². The first kappa shape index (κ1) is 16.4. The number of nitrogens with one attached hydrogen (secondary N) is 1. The molecule has 1 heterocycles. The minimum atomic E-state index is -0.327. The molecule has 0 bridgehead atoms. The molecule has 8 heteroatoms. The fourth-order valence-corrected chi connectivity index (χ4v) is 2.39. The molecule has 0 spiro atoms. The summed E-state index contributed by atoms with van der Waals surface area (Å²) in [5.74, 6) is 0.135. The zero-order chi connectivity index (χ0) is 17.1. The summed E-state index contributed by atoms with van der Waals surface area (Å²) in [4.78, 5) is 13.3. The number of halogens is 2. The second-order valence-corrected chi connectivity index (χ2v) is 5.94. The number of amides is 1. The van der Waals surface area contributed by atoms with Gasteiger partial charge >= 0.3 is 0 Å². The van der Waals surface area contributed by atoms with Gasteiger partial charge in [-0.25, -0.2) is 0 Å². The van der Waals surface area contributed by atoms with E-state index in [1.54, 1.807) is 18.2 Å². The highest BCUT2D eigenvalue weighted by Gasteiger charge is 2.11. The van der Waals surface area contributed by atoms with Gasteiger partial charge in [0.25, 0.3) is 0 Å². The van der Waals surface area contributed by atoms with E-state index in [1.807, 2.05) is 31.2 Å². The van der Waals surface area contributed by atoms with E-state index < -0.39 is 0 Å². The Morgan fingerprint density at radius 1 is 1.17 bits per heavy atom. The van der Waals surface area contributed by atoms with Crippen molar-refractivity contribution in [3.05, 3.63) is 58.1 Å². The second-order valence-electron chi connectivity index (χ2n) is 5.16. The lowest BCUT2D eigenvalue weighted by atomic mass is 10.1. The molecule has 0 saturated heterocycles. The Morgan fingerprint density at radius 2 is 1.92 bits per heavy atom. The number of aromatic nitrogens is 4. The molecule has 0 aliphatic carbocycles. The molecule has 1 N–H and O–H groups in total. The summed E-state index contributed by atoms with van der Waals surface area (Å²) in [7, 11) is 0. The number of carbonyl (C=O) groups excluding carboxylic acids is 1. The fourth-order valence-electron chi connectivity index (χ4n) is 2.05. The molecule has 24 heavy (non-hydrogen) atoms. The van der Waals surface area contributed by atoms with E-state index in [4.69, 9.17) is 23.2 Å². The Kier molecular flexibility index (Phi) is 4.78. The van der Waals surface area contributed by atoms with Gasteiger partial charge in [-0.3, -0.25) is 4.79 Å². The Balaban J connectivity index is 1.69. The number of carbonyl (C=O) groups is 1. The molecule has 0 fully saturated rings. The molecule has 0 unspecified atom stereocenters. The smallest absolute Gasteiger partial charge is 0.248 e. The minimum Gasteiger partial charge on any atom is -0.323 e. The molecule has 0 saturated carbocycles. The van der Waals surface area contributed by atoms with Crippen LogP contribution in [0.5, 0.6) is 0 Å². The van der Waals surface area contributed by atoms with Crippen LogP contribution in [0.25, 0.3) is 11.4 Å². The largest absolute Gasteiger partial charge is 0.323 e. The van der Waals surface area contributed by atoms with E-state index in [-0.39, 0.29) is 12.5 Å². The van der Waals surface area contributed by atoms with E-state index >= 15 is 0 Å². The van der Waals surface area contributed by atoms with Crippen molar-refractivity contribution in [2.75, 3.05) is 5.32 Å². The van der Waals surface area contributed by atoms with Gasteiger partial charge in [-0.1, -0.05) is 59.1 Å². The highest BCUT2D eigenvalue weighted by molar-refractivity contribution is 6.43. The molecular formula is C16H13Cl2N5O. The molecule has 1 aromatic heterocycles. The summed E-state index contributed by atoms with van der Waals surface area (Å²) in [5.41, 5.74) is 2.42. The van der Waals surface area contributed by atoms with Crippen LogP contribution in [0, 0.1) is 6.92 Å². The maximum Gasteiger partial charge on any atom is 0.248 e. The van der Waals surface area contributed by atoms with Crippen molar-refractivity contribution in [2.24, 2.45) is 0 Å². The summed E-state index contributed by atoms with van der Waals surface area (Å²) >= 11 is 12.0. The third kappa shape index (κ3) is 3.72. The van der Waals surface area contributed by atoms with Crippen molar-refractivity contribution in [1.82, 2.24) is 20.2 Å². The van der Waals surface area contributed by atoms with Gasteiger partial charge < -0.3 is 5.32 Å². The van der Waals surface area contributed by atoms with Crippen molar-refractivity contribution in [3.8, 4) is 11.4 Å². The number of nitrogens with zero attached hydrogens (tertiary/aromatic N) is 4. The van der Waals surface area contributed by atoms with Gasteiger partial charge in [-0.15, -0.1) is 10.2 Å². The topological polar surface area (TPSA) is 72.7 Å². The Morgan fingerprint density at radius 3 is 2.67 bits per heavy atom. The van der Waals surface area contributed by atoms with Gasteiger partial charge in [-0.05, 0) is 24.3 Å². The van der Waals surface area contributed by atoms with Gasteiger partial charge in [0.2, 0.25) is 11.7 Å². The molecular weight excluding hydrogens is 349 g/mol. The number of benzene rings is 2. The van der Waals surface area contributed by atoms with Crippen molar-refractivity contribution in [3.63, 3.8) is 0 Å². The summed E-state index contributed by atoms with van der Waals surface area (Å²) < 4.78 is 0. The van der Waals surface area contributed by atoms with Crippen LogP contribution >= 0.6 is 23.2 Å². The quantitative estimate of drug-likeness (QED) is 0.770. The SMILES string of the molecule is Cc1ccc(-c2nnn(CC(=O)Nc3cccc(Cl)c3Cl)n2)cc1. The zero-order valence-electron chi connectivity index (χ0n) is 12.7. The molecule has 0 radical (unpaired) electrons. The number of tetrazole rings is 1. The third-order valence-corrected chi connectivity index (χ3v) is 4.09. The van der Waals surface area contributed by atoms with E-state index in [2.05, 4.69) is 20.7 Å². The number of anilines is 1. The minimum absolute atomic E-state index is 0.0816. The summed E-state index contributed by atoms with van der Waals surface area (Å²) in [6.45, 7) is 1.92. The zero-order valence-corrected chi connectivity index (χ0v) is 14.2. The summed E-state index contributed by atoms with van der Waals surface area (Å²) in [5, 5.41) is 15.4. The van der Waals surface area contributed by atoms with Gasteiger partial charge in [0.15, 0.2) is 0 Å². The average Bonchev–Trinajstić information content (AvgIpc) is 3.01. The van der Waals surface area contributed by atoms with Gasteiger partial charge in [0.05, 0.1) is 15.7 Å². The third-order valence-electron chi connectivity index (χ3n) is 3.27. The molecule has 1 amide bonds. The molecule has 0 aliphatic heterocycles. The first-order valence-electron chi connectivity index (χ1n) is 7.11. The highest BCUT2D eigenvalue weighted by atomic mass is 35.5. The van der Waals surface area contributed by atoms with Gasteiger partial charge in [0.1, 0.15) is 6.54 Å². The Labute approximate surface area is 148 Å². The van der Waals surface area contributed by atoms with Crippen molar-refractivity contribution >= 4 is 34.8 Å². The summed E-state index contributed by atoms with van der Waals surface area (Å²) in [6, 6.07) is 12.7. The van der Waals surface area contributed by atoms with Crippen molar-refractivity contribution in [1.29, 1.82) is 0 Å². The van der Waals surface area contributed by atoms with Crippen molar-refractivity contribution < 1.29 is 4.79 Å². The predicted molar refractivity (Wildman–Crippen MR) is 93.1 cm³/mol. The van der Waals surface area contributed by atoms with E-state index in [9.17, 15) is 4.79 Å². The number of hydrogen-bond donors (Lipinski definition) is 1. The van der Waals surface area contributed by atoms with Gasteiger partial charge in [-0.2, -0.15) is 4.80 Å². The van der Waals surface area contributed by atoms with Crippen molar-refractivity contribution in [2.45, 2.75) is 13.5 Å².